The first-order valence-electron chi connectivity index (χ1n) is 13.6. The topological polar surface area (TPSA) is 98.2 Å². The third-order valence-corrected chi connectivity index (χ3v) is 7.78. The molecule has 0 spiro atoms. The number of rotatable bonds is 8. The van der Waals surface area contributed by atoms with Crippen LogP contribution in [0.25, 0.3) is 10.9 Å². The summed E-state index contributed by atoms with van der Waals surface area (Å²) >= 11 is 0. The van der Waals surface area contributed by atoms with Crippen molar-refractivity contribution < 1.29 is 9.47 Å². The number of benzene rings is 2. The van der Waals surface area contributed by atoms with E-state index >= 15 is 0 Å². The lowest BCUT2D eigenvalue weighted by atomic mass is 10.1. The molecule has 1 N–H and O–H groups in total. The number of tetrazole rings is 1. The van der Waals surface area contributed by atoms with E-state index in [0.717, 1.165) is 36.0 Å². The third-order valence-electron chi connectivity index (χ3n) is 7.78. The first kappa shape index (κ1) is 24.6. The van der Waals surface area contributed by atoms with E-state index in [1.54, 1.807) is 0 Å². The lowest BCUT2D eigenvalue weighted by Crippen LogP contribution is -2.32. The summed E-state index contributed by atoms with van der Waals surface area (Å²) in [7, 11) is 0. The van der Waals surface area contributed by atoms with Gasteiger partial charge in [-0.3, -0.25) is 9.69 Å². The van der Waals surface area contributed by atoms with Gasteiger partial charge in [0, 0.05) is 30.1 Å². The van der Waals surface area contributed by atoms with Gasteiger partial charge in [0.1, 0.15) is 13.2 Å². The second kappa shape index (κ2) is 10.6. The summed E-state index contributed by atoms with van der Waals surface area (Å²) < 4.78 is 13.5. The quantitative estimate of drug-likeness (QED) is 0.358. The number of aryl methyl sites for hydroxylation is 1. The highest BCUT2D eigenvalue weighted by atomic mass is 16.6. The Morgan fingerprint density at radius 2 is 1.79 bits per heavy atom. The van der Waals surface area contributed by atoms with Gasteiger partial charge >= 0.3 is 0 Å². The van der Waals surface area contributed by atoms with Crippen LogP contribution in [0.15, 0.2) is 47.3 Å². The highest BCUT2D eigenvalue weighted by Gasteiger charge is 2.30. The van der Waals surface area contributed by atoms with E-state index in [9.17, 15) is 4.79 Å². The number of pyridine rings is 1. The van der Waals surface area contributed by atoms with Gasteiger partial charge in [0.25, 0.3) is 5.56 Å². The highest BCUT2D eigenvalue weighted by molar-refractivity contribution is 5.83. The molecule has 2 aliphatic rings. The zero-order chi connectivity index (χ0) is 26.1. The molecule has 198 valence electrons. The van der Waals surface area contributed by atoms with Gasteiger partial charge in [-0.15, -0.1) is 5.10 Å². The average molecular weight is 515 g/mol. The fourth-order valence-corrected chi connectivity index (χ4v) is 5.76. The van der Waals surface area contributed by atoms with Crippen molar-refractivity contribution in [2.24, 2.45) is 0 Å². The zero-order valence-corrected chi connectivity index (χ0v) is 22.0. The van der Waals surface area contributed by atoms with Gasteiger partial charge in [0.05, 0.1) is 17.6 Å². The second-order valence-electron chi connectivity index (χ2n) is 10.4. The number of aromatic amines is 1. The molecule has 2 aromatic carbocycles. The molecule has 1 fully saturated rings. The SMILES string of the molecule is CCC(c1nnnn1C1CCCC1)N(Cc1ccc(C)cc1)Cc1cc2cc3c(cc2[nH]c1=O)OCCO3. The van der Waals surface area contributed by atoms with Gasteiger partial charge in [-0.2, -0.15) is 0 Å². The van der Waals surface area contributed by atoms with E-state index in [4.69, 9.17) is 9.47 Å². The molecular weight excluding hydrogens is 480 g/mol. The molecule has 2 aromatic heterocycles. The molecule has 4 aromatic rings. The summed E-state index contributed by atoms with van der Waals surface area (Å²) in [6.07, 6.45) is 5.44. The predicted molar refractivity (Wildman–Crippen MR) is 144 cm³/mol. The predicted octanol–water partition coefficient (Wildman–Crippen LogP) is 4.86. The number of hydrogen-bond acceptors (Lipinski definition) is 7. The second-order valence-corrected chi connectivity index (χ2v) is 10.4. The van der Waals surface area contributed by atoms with Crippen molar-refractivity contribution in [3.05, 3.63) is 75.3 Å². The van der Waals surface area contributed by atoms with E-state index in [2.05, 4.69) is 63.5 Å². The lowest BCUT2D eigenvalue weighted by Gasteiger charge is -2.31. The monoisotopic (exact) mass is 514 g/mol. The van der Waals surface area contributed by atoms with E-state index in [1.807, 2.05) is 22.9 Å². The summed E-state index contributed by atoms with van der Waals surface area (Å²) in [4.78, 5) is 18.7. The first-order chi connectivity index (χ1) is 18.6. The van der Waals surface area contributed by atoms with E-state index in [1.165, 1.54) is 24.0 Å². The maximum absolute atomic E-state index is 13.3. The Kier molecular flexibility index (Phi) is 6.84. The molecule has 38 heavy (non-hydrogen) atoms. The van der Waals surface area contributed by atoms with Crippen molar-refractivity contribution in [1.82, 2.24) is 30.1 Å². The number of aromatic nitrogens is 5. The minimum atomic E-state index is -0.103. The molecule has 0 radical (unpaired) electrons. The summed E-state index contributed by atoms with van der Waals surface area (Å²) in [6, 6.07) is 14.6. The first-order valence-corrected chi connectivity index (χ1v) is 13.6. The molecule has 1 aliphatic heterocycles. The van der Waals surface area contributed by atoms with Crippen molar-refractivity contribution in [3.63, 3.8) is 0 Å². The van der Waals surface area contributed by atoms with Crippen LogP contribution in [0.3, 0.4) is 0 Å². The van der Waals surface area contributed by atoms with Crippen molar-refractivity contribution in [2.75, 3.05) is 13.2 Å². The smallest absolute Gasteiger partial charge is 0.252 e. The van der Waals surface area contributed by atoms with Crippen LogP contribution in [0.4, 0.5) is 0 Å². The molecule has 0 saturated heterocycles. The van der Waals surface area contributed by atoms with Crippen LogP contribution in [0.2, 0.25) is 0 Å². The Balaban J connectivity index is 1.38. The Morgan fingerprint density at radius 3 is 2.53 bits per heavy atom. The van der Waals surface area contributed by atoms with Crippen molar-refractivity contribution in [3.8, 4) is 11.5 Å². The maximum Gasteiger partial charge on any atom is 0.252 e. The molecule has 1 unspecified atom stereocenters. The van der Waals surface area contributed by atoms with Crippen LogP contribution in [0.5, 0.6) is 11.5 Å². The number of ether oxygens (including phenoxy) is 2. The molecule has 6 rings (SSSR count). The van der Waals surface area contributed by atoms with Crippen molar-refractivity contribution >= 4 is 10.9 Å². The van der Waals surface area contributed by atoms with Crippen LogP contribution >= 0.6 is 0 Å². The van der Waals surface area contributed by atoms with Gasteiger partial charge in [0.15, 0.2) is 17.3 Å². The normalized spacial score (nSPS) is 16.4. The number of H-pyrrole nitrogens is 1. The molecular formula is C29H34N6O3. The molecule has 0 amide bonds. The van der Waals surface area contributed by atoms with Crippen LogP contribution in [-0.4, -0.2) is 43.3 Å². The number of nitrogens with zero attached hydrogens (tertiary/aromatic N) is 5. The van der Waals surface area contributed by atoms with Crippen LogP contribution in [0.1, 0.15) is 73.6 Å². The zero-order valence-electron chi connectivity index (χ0n) is 22.0. The Hall–Kier alpha value is -3.72. The number of nitrogens with one attached hydrogen (secondary N) is 1. The maximum atomic E-state index is 13.3. The molecule has 1 saturated carbocycles. The Bertz CT molecular complexity index is 1470. The molecule has 9 heteroatoms. The van der Waals surface area contributed by atoms with Crippen molar-refractivity contribution in [1.29, 1.82) is 0 Å². The van der Waals surface area contributed by atoms with Crippen molar-refractivity contribution in [2.45, 2.75) is 71.1 Å². The number of fused-ring (bicyclic) bond motifs is 2. The van der Waals surface area contributed by atoms with Gasteiger partial charge in [0.2, 0.25) is 0 Å². The molecule has 1 aliphatic carbocycles. The molecule has 9 nitrogen and oxygen atoms in total. The van der Waals surface area contributed by atoms with E-state index in [-0.39, 0.29) is 11.6 Å². The molecule has 0 bridgehead atoms. The molecule has 1 atom stereocenters. The number of hydrogen-bond donors (Lipinski definition) is 1. The largest absolute Gasteiger partial charge is 0.486 e. The Labute approximate surface area is 221 Å². The Morgan fingerprint density at radius 1 is 1.05 bits per heavy atom. The van der Waals surface area contributed by atoms with E-state index in [0.29, 0.717) is 49.4 Å². The van der Waals surface area contributed by atoms with Crippen LogP contribution < -0.4 is 15.0 Å². The summed E-state index contributed by atoms with van der Waals surface area (Å²) in [5.41, 5.74) is 3.74. The summed E-state index contributed by atoms with van der Waals surface area (Å²) in [6.45, 7) is 6.42. The lowest BCUT2D eigenvalue weighted by molar-refractivity contribution is 0.158. The minimum absolute atomic E-state index is 0.0396. The average Bonchev–Trinajstić information content (AvgIpc) is 3.62. The van der Waals surface area contributed by atoms with Crippen LogP contribution in [-0.2, 0) is 13.1 Å². The summed E-state index contributed by atoms with van der Waals surface area (Å²) in [5, 5.41) is 13.9. The van der Waals surface area contributed by atoms with Gasteiger partial charge < -0.3 is 14.5 Å². The highest BCUT2D eigenvalue weighted by Crippen LogP contribution is 2.35. The van der Waals surface area contributed by atoms with Gasteiger partial charge in [-0.05, 0) is 54.3 Å². The van der Waals surface area contributed by atoms with Crippen LogP contribution in [0, 0.1) is 6.92 Å². The van der Waals surface area contributed by atoms with E-state index < -0.39 is 0 Å². The third kappa shape index (κ3) is 4.90. The molecule has 3 heterocycles. The fraction of sp³-hybridized carbons (Fsp3) is 0.448. The van der Waals surface area contributed by atoms with Gasteiger partial charge in [-0.1, -0.05) is 49.6 Å². The summed E-state index contributed by atoms with van der Waals surface area (Å²) in [5.74, 6) is 2.25. The fourth-order valence-electron chi connectivity index (χ4n) is 5.76. The van der Waals surface area contributed by atoms with Gasteiger partial charge in [-0.25, -0.2) is 4.68 Å². The standard InChI is InChI=1S/C29H34N6O3/c1-3-25(28-31-32-33-35(28)23-6-4-5-7-23)34(17-20-10-8-19(2)9-11-20)18-22-14-21-15-26-27(38-13-12-37-26)16-24(21)30-29(22)36/h8-11,14-16,23,25H,3-7,12-13,17-18H2,1-2H3,(H,30,36). The minimum Gasteiger partial charge on any atom is -0.486 e.